The number of methoxy groups -OCH3 is 2. The third-order valence-electron chi connectivity index (χ3n) is 6.56. The highest BCUT2D eigenvalue weighted by Gasteiger charge is 2.34. The lowest BCUT2D eigenvalue weighted by molar-refractivity contribution is 0.134. The standard InChI is InChI=1S/C27H29NO3/c1-27(23-12-11-19(29-2)17-26(23)30-3)14-13-22-20-9-5-6-10-21(20)24(18-25(22)31-27)28-15-7-4-8-16-28/h5-6,9-14,17-18H,4,7-8,15-16H2,1-3H3. The number of nitrogens with zero attached hydrogens (tertiary/aromatic N) is 1. The van der Waals surface area contributed by atoms with Crippen molar-refractivity contribution in [2.75, 3.05) is 32.2 Å². The van der Waals surface area contributed by atoms with Gasteiger partial charge in [-0.1, -0.05) is 30.3 Å². The molecule has 0 aliphatic carbocycles. The summed E-state index contributed by atoms with van der Waals surface area (Å²) < 4.78 is 17.8. The first-order valence-electron chi connectivity index (χ1n) is 11.0. The van der Waals surface area contributed by atoms with Crippen molar-refractivity contribution in [3.05, 3.63) is 65.7 Å². The van der Waals surface area contributed by atoms with Gasteiger partial charge in [-0.2, -0.15) is 0 Å². The minimum absolute atomic E-state index is 0.633. The maximum Gasteiger partial charge on any atom is 0.153 e. The Labute approximate surface area is 184 Å². The summed E-state index contributed by atoms with van der Waals surface area (Å²) in [5.41, 5.74) is 2.76. The van der Waals surface area contributed by atoms with Gasteiger partial charge < -0.3 is 19.1 Å². The molecule has 0 bridgehead atoms. The average Bonchev–Trinajstić information content (AvgIpc) is 2.83. The Kier molecular flexibility index (Phi) is 5.01. The molecule has 1 saturated heterocycles. The molecule has 4 heteroatoms. The molecule has 2 aliphatic heterocycles. The second-order valence-electron chi connectivity index (χ2n) is 8.51. The lowest BCUT2D eigenvalue weighted by atomic mass is 9.89. The molecule has 4 nitrogen and oxygen atoms in total. The minimum Gasteiger partial charge on any atom is -0.497 e. The van der Waals surface area contributed by atoms with Gasteiger partial charge in [-0.05, 0) is 49.8 Å². The first kappa shape index (κ1) is 19.8. The molecule has 1 unspecified atom stereocenters. The summed E-state index contributed by atoms with van der Waals surface area (Å²) in [6, 6.07) is 16.8. The molecule has 1 atom stereocenters. The van der Waals surface area contributed by atoms with E-state index in [4.69, 9.17) is 14.2 Å². The Hall–Kier alpha value is -3.14. The summed E-state index contributed by atoms with van der Waals surface area (Å²) in [6.07, 6.45) is 8.13. The molecular formula is C27H29NO3. The van der Waals surface area contributed by atoms with Crippen molar-refractivity contribution in [2.45, 2.75) is 31.8 Å². The van der Waals surface area contributed by atoms with Crippen LogP contribution in [0.15, 0.2) is 54.6 Å². The number of benzene rings is 3. The van der Waals surface area contributed by atoms with Gasteiger partial charge in [0, 0.05) is 47.4 Å². The Morgan fingerprint density at radius 1 is 0.903 bits per heavy atom. The van der Waals surface area contributed by atoms with Gasteiger partial charge in [0.15, 0.2) is 5.60 Å². The predicted molar refractivity (Wildman–Crippen MR) is 127 cm³/mol. The van der Waals surface area contributed by atoms with Crippen molar-refractivity contribution in [2.24, 2.45) is 0 Å². The van der Waals surface area contributed by atoms with E-state index in [2.05, 4.69) is 54.3 Å². The van der Waals surface area contributed by atoms with E-state index in [0.717, 1.165) is 41.5 Å². The van der Waals surface area contributed by atoms with Gasteiger partial charge in [-0.15, -0.1) is 0 Å². The van der Waals surface area contributed by atoms with Crippen molar-refractivity contribution in [1.82, 2.24) is 0 Å². The van der Waals surface area contributed by atoms with Crippen LogP contribution in [0.5, 0.6) is 17.2 Å². The molecule has 3 aromatic carbocycles. The molecule has 0 spiro atoms. The van der Waals surface area contributed by atoms with Gasteiger partial charge in [-0.25, -0.2) is 0 Å². The molecular weight excluding hydrogens is 386 g/mol. The van der Waals surface area contributed by atoms with Crippen LogP contribution in [0.3, 0.4) is 0 Å². The topological polar surface area (TPSA) is 30.9 Å². The molecule has 0 amide bonds. The molecule has 5 rings (SSSR count). The fourth-order valence-electron chi connectivity index (χ4n) is 4.86. The number of piperidine rings is 1. The van der Waals surface area contributed by atoms with Crippen molar-refractivity contribution in [3.63, 3.8) is 0 Å². The minimum atomic E-state index is -0.633. The molecule has 2 heterocycles. The second-order valence-corrected chi connectivity index (χ2v) is 8.51. The van der Waals surface area contributed by atoms with Crippen LogP contribution in [0.2, 0.25) is 0 Å². The summed E-state index contributed by atoms with van der Waals surface area (Å²) in [7, 11) is 3.35. The summed E-state index contributed by atoms with van der Waals surface area (Å²) in [5, 5.41) is 2.53. The first-order valence-corrected chi connectivity index (χ1v) is 11.0. The van der Waals surface area contributed by atoms with Crippen LogP contribution in [0, 0.1) is 0 Å². The number of rotatable bonds is 4. The van der Waals surface area contributed by atoms with Crippen LogP contribution in [-0.4, -0.2) is 27.3 Å². The van der Waals surface area contributed by atoms with Gasteiger partial charge in [-0.3, -0.25) is 0 Å². The monoisotopic (exact) mass is 415 g/mol. The largest absolute Gasteiger partial charge is 0.497 e. The van der Waals surface area contributed by atoms with Crippen LogP contribution in [-0.2, 0) is 5.60 Å². The normalized spacial score (nSPS) is 20.3. The van der Waals surface area contributed by atoms with E-state index >= 15 is 0 Å². The highest BCUT2D eigenvalue weighted by molar-refractivity contribution is 6.02. The number of ether oxygens (including phenoxy) is 3. The fraction of sp³-hybridized carbons (Fsp3) is 0.333. The van der Waals surface area contributed by atoms with E-state index in [-0.39, 0.29) is 0 Å². The SMILES string of the molecule is COc1ccc(C2(C)C=Cc3c(cc(N4CCCCC4)c4ccccc34)O2)c(OC)c1. The van der Waals surface area contributed by atoms with Crippen molar-refractivity contribution < 1.29 is 14.2 Å². The summed E-state index contributed by atoms with van der Waals surface area (Å²) in [5.74, 6) is 2.44. The van der Waals surface area contributed by atoms with Gasteiger partial charge in [0.05, 0.1) is 14.2 Å². The third-order valence-corrected chi connectivity index (χ3v) is 6.56. The van der Waals surface area contributed by atoms with Crippen LogP contribution in [0.4, 0.5) is 5.69 Å². The Balaban J connectivity index is 1.63. The zero-order valence-electron chi connectivity index (χ0n) is 18.5. The second kappa shape index (κ2) is 7.84. The molecule has 3 aromatic rings. The number of anilines is 1. The Bertz CT molecular complexity index is 1150. The molecule has 0 radical (unpaired) electrons. The molecule has 2 aliphatic rings. The zero-order chi connectivity index (χ0) is 21.4. The van der Waals surface area contributed by atoms with E-state index in [0.29, 0.717) is 0 Å². The zero-order valence-corrected chi connectivity index (χ0v) is 18.5. The highest BCUT2D eigenvalue weighted by Crippen LogP contribution is 2.46. The Morgan fingerprint density at radius 2 is 1.68 bits per heavy atom. The van der Waals surface area contributed by atoms with Gasteiger partial charge in [0.2, 0.25) is 0 Å². The average molecular weight is 416 g/mol. The molecule has 1 fully saturated rings. The van der Waals surface area contributed by atoms with Gasteiger partial charge >= 0.3 is 0 Å². The molecule has 0 aromatic heterocycles. The van der Waals surface area contributed by atoms with Crippen LogP contribution in [0.25, 0.3) is 16.8 Å². The maximum atomic E-state index is 6.73. The summed E-state index contributed by atoms with van der Waals surface area (Å²) in [6.45, 7) is 4.29. The number of fused-ring (bicyclic) bond motifs is 3. The van der Waals surface area contributed by atoms with E-state index < -0.39 is 5.60 Å². The first-order chi connectivity index (χ1) is 15.1. The van der Waals surface area contributed by atoms with Crippen molar-refractivity contribution in [3.8, 4) is 17.2 Å². The number of hydrogen-bond donors (Lipinski definition) is 0. The summed E-state index contributed by atoms with van der Waals surface area (Å²) >= 11 is 0. The van der Waals surface area contributed by atoms with E-state index in [1.54, 1.807) is 14.2 Å². The van der Waals surface area contributed by atoms with E-state index in [9.17, 15) is 0 Å². The smallest absolute Gasteiger partial charge is 0.153 e. The molecule has 0 N–H and O–H groups in total. The van der Waals surface area contributed by atoms with Crippen molar-refractivity contribution in [1.29, 1.82) is 0 Å². The lowest BCUT2D eigenvalue weighted by Crippen LogP contribution is -2.31. The van der Waals surface area contributed by atoms with Gasteiger partial charge in [0.25, 0.3) is 0 Å². The molecule has 160 valence electrons. The molecule has 31 heavy (non-hydrogen) atoms. The van der Waals surface area contributed by atoms with Crippen LogP contribution in [0.1, 0.15) is 37.3 Å². The number of hydrogen-bond acceptors (Lipinski definition) is 4. The van der Waals surface area contributed by atoms with Crippen LogP contribution >= 0.6 is 0 Å². The van der Waals surface area contributed by atoms with Crippen molar-refractivity contribution >= 4 is 22.5 Å². The summed E-state index contributed by atoms with van der Waals surface area (Å²) in [4.78, 5) is 2.51. The van der Waals surface area contributed by atoms with Crippen LogP contribution < -0.4 is 19.1 Å². The van der Waals surface area contributed by atoms with Gasteiger partial charge in [0.1, 0.15) is 17.2 Å². The molecule has 0 saturated carbocycles. The highest BCUT2D eigenvalue weighted by atomic mass is 16.5. The van der Waals surface area contributed by atoms with E-state index in [1.165, 1.54) is 35.7 Å². The lowest BCUT2D eigenvalue weighted by Gasteiger charge is -2.36. The fourth-order valence-corrected chi connectivity index (χ4v) is 4.86. The predicted octanol–water partition coefficient (Wildman–Crippen LogP) is 6.17. The van der Waals surface area contributed by atoms with E-state index in [1.807, 2.05) is 18.2 Å². The quantitative estimate of drug-likeness (QED) is 0.510. The Morgan fingerprint density at radius 3 is 2.42 bits per heavy atom. The maximum absolute atomic E-state index is 6.73. The third kappa shape index (κ3) is 3.40.